The zero-order valence-corrected chi connectivity index (χ0v) is 13.0. The van der Waals surface area contributed by atoms with Crippen molar-refractivity contribution in [2.24, 2.45) is 0 Å². The Hall–Kier alpha value is -2.89. The van der Waals surface area contributed by atoms with Gasteiger partial charge in [-0.15, -0.1) is 0 Å². The average molecular weight is 315 g/mol. The Bertz CT molecular complexity index is 772. The summed E-state index contributed by atoms with van der Waals surface area (Å²) in [6, 6.07) is 1.49. The monoisotopic (exact) mass is 315 g/mol. The first kappa shape index (κ1) is 16.5. The van der Waals surface area contributed by atoms with Gasteiger partial charge in [0.15, 0.2) is 0 Å². The molecule has 0 radical (unpaired) electrons. The van der Waals surface area contributed by atoms with Gasteiger partial charge in [0.2, 0.25) is 11.6 Å². The van der Waals surface area contributed by atoms with Crippen molar-refractivity contribution in [1.29, 1.82) is 0 Å². The van der Waals surface area contributed by atoms with Crippen molar-refractivity contribution < 1.29 is 24.6 Å². The van der Waals surface area contributed by atoms with Crippen LogP contribution in [-0.2, 0) is 14.4 Å². The average Bonchev–Trinajstić information content (AvgIpc) is 2.50. The largest absolute Gasteiger partial charge is 0.508 e. The topological polar surface area (TPSA) is 104 Å². The number of carbonyl (C=O) groups is 3. The molecule has 1 aromatic carbocycles. The lowest BCUT2D eigenvalue weighted by atomic mass is 9.97. The van der Waals surface area contributed by atoms with Crippen LogP contribution >= 0.6 is 0 Å². The van der Waals surface area contributed by atoms with Gasteiger partial charge in [0.25, 0.3) is 5.78 Å². The van der Waals surface area contributed by atoms with Crippen LogP contribution in [0.2, 0.25) is 0 Å². The van der Waals surface area contributed by atoms with Crippen molar-refractivity contribution in [3.05, 3.63) is 41.1 Å². The normalized spacial score (nSPS) is 16.5. The summed E-state index contributed by atoms with van der Waals surface area (Å²) >= 11 is 0. The molecule has 3 N–H and O–H groups in total. The van der Waals surface area contributed by atoms with E-state index in [-0.39, 0.29) is 28.7 Å². The van der Waals surface area contributed by atoms with E-state index in [1.807, 2.05) is 13.8 Å². The zero-order chi connectivity index (χ0) is 17.3. The lowest BCUT2D eigenvalue weighted by Gasteiger charge is -2.17. The predicted molar refractivity (Wildman–Crippen MR) is 84.5 cm³/mol. The van der Waals surface area contributed by atoms with Gasteiger partial charge in [-0.1, -0.05) is 13.8 Å². The highest BCUT2D eigenvalue weighted by molar-refractivity contribution is 6.70. The fraction of sp³-hybridized carbons (Fsp3) is 0.235. The van der Waals surface area contributed by atoms with Crippen LogP contribution in [0, 0.1) is 6.92 Å². The van der Waals surface area contributed by atoms with Gasteiger partial charge < -0.3 is 15.5 Å². The summed E-state index contributed by atoms with van der Waals surface area (Å²) in [6.07, 6.45) is 3.48. The molecule has 0 unspecified atom stereocenters. The summed E-state index contributed by atoms with van der Waals surface area (Å²) in [5, 5.41) is 23.0. The van der Waals surface area contributed by atoms with E-state index in [1.54, 1.807) is 6.92 Å². The molecule has 0 aliphatic heterocycles. The molecule has 2 rings (SSSR count). The predicted octanol–water partition coefficient (Wildman–Crippen LogP) is 2.10. The van der Waals surface area contributed by atoms with Gasteiger partial charge in [-0.25, -0.2) is 0 Å². The lowest BCUT2D eigenvalue weighted by Crippen LogP contribution is -2.27. The first-order valence-electron chi connectivity index (χ1n) is 7.07. The van der Waals surface area contributed by atoms with Crippen molar-refractivity contribution >= 4 is 23.0 Å². The summed E-state index contributed by atoms with van der Waals surface area (Å²) in [6.45, 7) is 5.33. The first-order chi connectivity index (χ1) is 10.7. The van der Waals surface area contributed by atoms with Crippen LogP contribution in [0.5, 0.6) is 11.5 Å². The van der Waals surface area contributed by atoms with E-state index < -0.39 is 17.3 Å². The highest BCUT2D eigenvalue weighted by Crippen LogP contribution is 2.40. The molecule has 0 spiro atoms. The second kappa shape index (κ2) is 6.08. The number of anilines is 1. The number of allylic oxidation sites excluding steroid dienone is 3. The molecule has 0 bridgehead atoms. The first-order valence-corrected chi connectivity index (χ1v) is 7.07. The van der Waals surface area contributed by atoms with Crippen LogP contribution in [0.3, 0.4) is 0 Å². The van der Waals surface area contributed by atoms with Crippen molar-refractivity contribution in [1.82, 2.24) is 0 Å². The molecule has 1 aliphatic rings. The van der Waals surface area contributed by atoms with E-state index in [0.29, 0.717) is 11.1 Å². The molecular weight excluding hydrogens is 298 g/mol. The third kappa shape index (κ3) is 3.01. The Morgan fingerprint density at radius 1 is 1.09 bits per heavy atom. The molecular formula is C17H17NO5. The number of phenolic OH excluding ortho intramolecular Hbond substituents is 2. The van der Waals surface area contributed by atoms with Crippen LogP contribution in [-0.4, -0.2) is 27.6 Å². The van der Waals surface area contributed by atoms with E-state index in [0.717, 1.165) is 6.08 Å². The fourth-order valence-electron chi connectivity index (χ4n) is 2.21. The molecule has 1 aliphatic carbocycles. The molecule has 0 fully saturated rings. The molecule has 0 amide bonds. The quantitative estimate of drug-likeness (QED) is 0.341. The Morgan fingerprint density at radius 2 is 1.74 bits per heavy atom. The maximum Gasteiger partial charge on any atom is 0.273 e. The van der Waals surface area contributed by atoms with Gasteiger partial charge in [-0.05, 0) is 31.1 Å². The third-order valence-corrected chi connectivity index (χ3v) is 3.66. The molecule has 0 heterocycles. The van der Waals surface area contributed by atoms with Crippen molar-refractivity contribution in [2.45, 2.75) is 26.7 Å². The number of benzene rings is 1. The second-order valence-electron chi connectivity index (χ2n) is 5.59. The molecule has 23 heavy (non-hydrogen) atoms. The van der Waals surface area contributed by atoms with E-state index in [4.69, 9.17) is 0 Å². The Labute approximate surface area is 133 Å². The number of hydrogen-bond acceptors (Lipinski definition) is 6. The number of nitrogens with one attached hydrogen (secondary N) is 1. The minimum Gasteiger partial charge on any atom is -0.508 e. The van der Waals surface area contributed by atoms with Crippen LogP contribution in [0.25, 0.3) is 0 Å². The van der Waals surface area contributed by atoms with E-state index in [1.165, 1.54) is 18.3 Å². The maximum atomic E-state index is 11.7. The molecule has 0 saturated carbocycles. The summed E-state index contributed by atoms with van der Waals surface area (Å²) in [4.78, 5) is 34.2. The molecule has 1 aromatic rings. The minimum atomic E-state index is -1.10. The van der Waals surface area contributed by atoms with Gasteiger partial charge in [-0.3, -0.25) is 14.4 Å². The number of aromatic hydroxyl groups is 2. The van der Waals surface area contributed by atoms with E-state index in [9.17, 15) is 24.6 Å². The van der Waals surface area contributed by atoms with Gasteiger partial charge in [0.1, 0.15) is 11.5 Å². The Kier molecular flexibility index (Phi) is 4.36. The fourth-order valence-corrected chi connectivity index (χ4v) is 2.21. The van der Waals surface area contributed by atoms with E-state index in [2.05, 4.69) is 5.32 Å². The third-order valence-electron chi connectivity index (χ3n) is 3.66. The van der Waals surface area contributed by atoms with E-state index >= 15 is 0 Å². The van der Waals surface area contributed by atoms with Gasteiger partial charge in [0, 0.05) is 22.9 Å². The van der Waals surface area contributed by atoms with Crippen molar-refractivity contribution in [3.63, 3.8) is 0 Å². The number of phenols is 2. The number of rotatable bonds is 3. The van der Waals surface area contributed by atoms with Crippen molar-refractivity contribution in [2.75, 3.05) is 5.32 Å². The van der Waals surface area contributed by atoms with Gasteiger partial charge in [0.05, 0.1) is 5.69 Å². The van der Waals surface area contributed by atoms with Crippen LogP contribution < -0.4 is 5.32 Å². The maximum absolute atomic E-state index is 11.7. The number of hydrogen-bond donors (Lipinski definition) is 3. The molecule has 6 heteroatoms. The number of ketones is 3. The van der Waals surface area contributed by atoms with Gasteiger partial charge in [-0.2, -0.15) is 0 Å². The Balaban J connectivity index is 2.43. The van der Waals surface area contributed by atoms with Gasteiger partial charge >= 0.3 is 0 Å². The summed E-state index contributed by atoms with van der Waals surface area (Å²) in [7, 11) is 0. The second-order valence-corrected chi connectivity index (χ2v) is 5.59. The van der Waals surface area contributed by atoms with Crippen LogP contribution in [0.15, 0.2) is 30.0 Å². The number of carbonyl (C=O) groups excluding carboxylic acids is 3. The molecule has 0 atom stereocenters. The zero-order valence-electron chi connectivity index (χ0n) is 13.0. The van der Waals surface area contributed by atoms with Crippen LogP contribution in [0.1, 0.15) is 30.9 Å². The lowest BCUT2D eigenvalue weighted by molar-refractivity contribution is -0.141. The molecule has 0 aromatic heterocycles. The molecule has 0 saturated heterocycles. The summed E-state index contributed by atoms with van der Waals surface area (Å²) < 4.78 is 0. The highest BCUT2D eigenvalue weighted by Gasteiger charge is 2.27. The minimum absolute atomic E-state index is 0.00263. The smallest absolute Gasteiger partial charge is 0.273 e. The number of Topliss-reactive ketones (excluding diaryl/α,β-unsaturated/α-hetero) is 2. The molecule has 6 nitrogen and oxygen atoms in total. The summed E-state index contributed by atoms with van der Waals surface area (Å²) in [5.41, 5.74) is 1.19. The highest BCUT2D eigenvalue weighted by atomic mass is 16.3. The van der Waals surface area contributed by atoms with Crippen molar-refractivity contribution in [3.8, 4) is 11.5 Å². The molecule has 120 valence electrons. The standard InChI is InChI=1S/C17H17NO5/c1-8(2)11-6-13(20)9(3)14(16(11)22)18-7-10-4-5-12(19)17(23)15(10)21/h4-8,18,20,22H,1-3H3/b10-7+. The van der Waals surface area contributed by atoms with Crippen LogP contribution in [0.4, 0.5) is 5.69 Å². The SMILES string of the molecule is Cc1c(O)cc(C(C)C)c(O)c1N/C=C1\C=CC(=O)C(=O)C1=O. The Morgan fingerprint density at radius 3 is 2.35 bits per heavy atom. The summed E-state index contributed by atoms with van der Waals surface area (Å²) in [5.74, 6) is -2.92.